The molecule has 0 radical (unpaired) electrons. The van der Waals surface area contributed by atoms with Crippen molar-refractivity contribution in [3.63, 3.8) is 0 Å². The van der Waals surface area contributed by atoms with Crippen LogP contribution in [0.4, 0.5) is 4.39 Å². The molecular formula is C20H13FN2O2. The van der Waals surface area contributed by atoms with E-state index in [1.165, 1.54) is 12.1 Å². The van der Waals surface area contributed by atoms with Crippen LogP contribution in [0.2, 0.25) is 0 Å². The van der Waals surface area contributed by atoms with Gasteiger partial charge in [0.15, 0.2) is 11.6 Å². The Kier molecular flexibility index (Phi) is 3.74. The third-order valence-corrected chi connectivity index (χ3v) is 3.79. The van der Waals surface area contributed by atoms with E-state index in [0.717, 1.165) is 0 Å². The molecule has 0 bridgehead atoms. The van der Waals surface area contributed by atoms with E-state index in [0.29, 0.717) is 28.0 Å². The predicted molar refractivity (Wildman–Crippen MR) is 94.3 cm³/mol. The number of aromatic amines is 1. The first-order valence-corrected chi connectivity index (χ1v) is 7.72. The molecule has 4 nitrogen and oxygen atoms in total. The maximum Gasteiger partial charge on any atom is 0.259 e. The van der Waals surface area contributed by atoms with Crippen molar-refractivity contribution in [1.29, 1.82) is 0 Å². The molecule has 25 heavy (non-hydrogen) atoms. The van der Waals surface area contributed by atoms with Crippen LogP contribution in [0.25, 0.3) is 22.3 Å². The number of hydrogen-bond acceptors (Lipinski definition) is 3. The van der Waals surface area contributed by atoms with Crippen LogP contribution < -0.4 is 10.3 Å². The summed E-state index contributed by atoms with van der Waals surface area (Å²) < 4.78 is 19.7. The van der Waals surface area contributed by atoms with Gasteiger partial charge in [0.25, 0.3) is 5.56 Å². The zero-order chi connectivity index (χ0) is 17.2. The van der Waals surface area contributed by atoms with E-state index in [2.05, 4.69) is 9.97 Å². The van der Waals surface area contributed by atoms with E-state index in [4.69, 9.17) is 4.74 Å². The highest BCUT2D eigenvalue weighted by Crippen LogP contribution is 2.28. The Morgan fingerprint density at radius 2 is 1.68 bits per heavy atom. The molecule has 122 valence electrons. The highest BCUT2D eigenvalue weighted by Gasteiger charge is 2.10. The number of nitrogens with zero attached hydrogens (tertiary/aromatic N) is 1. The van der Waals surface area contributed by atoms with Gasteiger partial charge < -0.3 is 9.72 Å². The second-order valence-electron chi connectivity index (χ2n) is 5.49. The van der Waals surface area contributed by atoms with E-state index in [1.54, 1.807) is 48.5 Å². The van der Waals surface area contributed by atoms with E-state index < -0.39 is 5.82 Å². The largest absolute Gasteiger partial charge is 0.454 e. The molecule has 1 N–H and O–H groups in total. The van der Waals surface area contributed by atoms with Crippen molar-refractivity contribution >= 4 is 10.9 Å². The molecule has 0 aliphatic carbocycles. The smallest absolute Gasteiger partial charge is 0.259 e. The van der Waals surface area contributed by atoms with Gasteiger partial charge in [0.2, 0.25) is 0 Å². The molecule has 0 saturated carbocycles. The highest BCUT2D eigenvalue weighted by molar-refractivity contribution is 5.79. The van der Waals surface area contributed by atoms with Crippen molar-refractivity contribution in [1.82, 2.24) is 9.97 Å². The second-order valence-corrected chi connectivity index (χ2v) is 5.49. The van der Waals surface area contributed by atoms with E-state index in [9.17, 15) is 9.18 Å². The Balaban J connectivity index is 1.79. The Bertz CT molecular complexity index is 1110. The molecule has 0 amide bonds. The Hall–Kier alpha value is -3.47. The topological polar surface area (TPSA) is 55.0 Å². The van der Waals surface area contributed by atoms with Crippen LogP contribution in [0.1, 0.15) is 0 Å². The zero-order valence-electron chi connectivity index (χ0n) is 13.1. The maximum atomic E-state index is 14.1. The number of benzene rings is 3. The number of halogens is 1. The van der Waals surface area contributed by atoms with Crippen LogP contribution in [0.3, 0.4) is 0 Å². The minimum atomic E-state index is -0.490. The van der Waals surface area contributed by atoms with Gasteiger partial charge in [0, 0.05) is 5.56 Å². The molecule has 1 heterocycles. The number of nitrogens with one attached hydrogen (secondary N) is 1. The molecule has 5 heteroatoms. The van der Waals surface area contributed by atoms with Crippen molar-refractivity contribution in [2.45, 2.75) is 0 Å². The van der Waals surface area contributed by atoms with Crippen molar-refractivity contribution in [2.75, 3.05) is 0 Å². The van der Waals surface area contributed by atoms with Gasteiger partial charge in [-0.1, -0.05) is 30.3 Å². The molecule has 0 unspecified atom stereocenters. The lowest BCUT2D eigenvalue weighted by molar-refractivity contribution is 0.442. The number of hydrogen-bond donors (Lipinski definition) is 1. The third-order valence-electron chi connectivity index (χ3n) is 3.79. The first-order valence-electron chi connectivity index (χ1n) is 7.72. The number of rotatable bonds is 3. The fourth-order valence-electron chi connectivity index (χ4n) is 2.57. The number of fused-ring (bicyclic) bond motifs is 1. The SMILES string of the molecule is O=c1[nH]c(-c2ccc(F)c(Oc3ccccc3)c2)nc2ccccc12. The van der Waals surface area contributed by atoms with Gasteiger partial charge in [0.1, 0.15) is 11.6 Å². The van der Waals surface area contributed by atoms with Crippen molar-refractivity contribution in [3.8, 4) is 22.9 Å². The van der Waals surface area contributed by atoms with Crippen LogP contribution in [-0.4, -0.2) is 9.97 Å². The van der Waals surface area contributed by atoms with Crippen molar-refractivity contribution < 1.29 is 9.13 Å². The monoisotopic (exact) mass is 332 g/mol. The second kappa shape index (κ2) is 6.20. The van der Waals surface area contributed by atoms with Crippen molar-refractivity contribution in [2.24, 2.45) is 0 Å². The molecule has 0 spiro atoms. The summed E-state index contributed by atoms with van der Waals surface area (Å²) >= 11 is 0. The molecule has 3 aromatic carbocycles. The number of aromatic nitrogens is 2. The van der Waals surface area contributed by atoms with E-state index in [1.807, 2.05) is 12.1 Å². The third kappa shape index (κ3) is 2.99. The van der Waals surface area contributed by atoms with Gasteiger partial charge in [-0.15, -0.1) is 0 Å². The zero-order valence-corrected chi connectivity index (χ0v) is 13.1. The van der Waals surface area contributed by atoms with E-state index in [-0.39, 0.29) is 11.3 Å². The quantitative estimate of drug-likeness (QED) is 0.600. The van der Waals surface area contributed by atoms with Gasteiger partial charge in [-0.3, -0.25) is 4.79 Å². The summed E-state index contributed by atoms with van der Waals surface area (Å²) in [5.41, 5.74) is 0.904. The Labute approximate surface area is 142 Å². The minimum absolute atomic E-state index is 0.0690. The van der Waals surface area contributed by atoms with Crippen LogP contribution in [0.5, 0.6) is 11.5 Å². The molecule has 0 aliphatic rings. The number of para-hydroxylation sites is 2. The first-order chi connectivity index (χ1) is 12.2. The lowest BCUT2D eigenvalue weighted by atomic mass is 10.1. The average molecular weight is 332 g/mol. The van der Waals surface area contributed by atoms with Crippen LogP contribution in [-0.2, 0) is 0 Å². The summed E-state index contributed by atoms with van der Waals surface area (Å²) in [5, 5.41) is 0.508. The molecule has 0 saturated heterocycles. The fraction of sp³-hybridized carbons (Fsp3) is 0. The van der Waals surface area contributed by atoms with Gasteiger partial charge >= 0.3 is 0 Å². The Morgan fingerprint density at radius 1 is 0.920 bits per heavy atom. The maximum absolute atomic E-state index is 14.1. The molecular weight excluding hydrogens is 319 g/mol. The minimum Gasteiger partial charge on any atom is -0.454 e. The summed E-state index contributed by atoms with van der Waals surface area (Å²) in [6.07, 6.45) is 0. The molecule has 4 rings (SSSR count). The molecule has 0 atom stereocenters. The summed E-state index contributed by atoms with van der Waals surface area (Å²) in [6.45, 7) is 0. The lowest BCUT2D eigenvalue weighted by Crippen LogP contribution is -2.09. The van der Waals surface area contributed by atoms with Crippen molar-refractivity contribution in [3.05, 3.63) is 89.0 Å². The summed E-state index contributed by atoms with van der Waals surface area (Å²) in [7, 11) is 0. The standard InChI is InChI=1S/C20H13FN2O2/c21-16-11-10-13(12-18(16)25-14-6-2-1-3-7-14)19-22-17-9-5-4-8-15(17)20(24)23-19/h1-12H,(H,22,23,24). The van der Waals surface area contributed by atoms with Crippen LogP contribution >= 0.6 is 0 Å². The fourth-order valence-corrected chi connectivity index (χ4v) is 2.57. The van der Waals surface area contributed by atoms with Gasteiger partial charge in [-0.25, -0.2) is 9.37 Å². The average Bonchev–Trinajstić information content (AvgIpc) is 2.64. The van der Waals surface area contributed by atoms with Crippen LogP contribution in [0, 0.1) is 5.82 Å². The molecule has 4 aromatic rings. The van der Waals surface area contributed by atoms with Gasteiger partial charge in [0.05, 0.1) is 10.9 Å². The molecule has 0 fully saturated rings. The summed E-state index contributed by atoms with van der Waals surface area (Å²) in [5.74, 6) is 0.468. The van der Waals surface area contributed by atoms with Gasteiger partial charge in [-0.05, 0) is 42.5 Å². The highest BCUT2D eigenvalue weighted by atomic mass is 19.1. The van der Waals surface area contributed by atoms with Gasteiger partial charge in [-0.2, -0.15) is 0 Å². The number of ether oxygens (including phenoxy) is 1. The first kappa shape index (κ1) is 15.1. The molecule has 0 aliphatic heterocycles. The summed E-state index contributed by atoms with van der Waals surface area (Å²) in [6, 6.07) is 20.4. The lowest BCUT2D eigenvalue weighted by Gasteiger charge is -2.09. The van der Waals surface area contributed by atoms with E-state index >= 15 is 0 Å². The predicted octanol–water partition coefficient (Wildman–Crippen LogP) is 4.52. The normalized spacial score (nSPS) is 10.8. The molecule has 1 aromatic heterocycles. The van der Waals surface area contributed by atoms with Crippen LogP contribution in [0.15, 0.2) is 77.6 Å². The summed E-state index contributed by atoms with van der Waals surface area (Å²) in [4.78, 5) is 19.4. The number of H-pyrrole nitrogens is 1. The Morgan fingerprint density at radius 3 is 2.52 bits per heavy atom.